The van der Waals surface area contributed by atoms with Crippen molar-refractivity contribution in [1.82, 2.24) is 0 Å². The van der Waals surface area contributed by atoms with E-state index in [0.717, 1.165) is 24.8 Å². The van der Waals surface area contributed by atoms with Gasteiger partial charge in [-0.05, 0) is 12.5 Å². The number of unbranched alkanes of at least 4 members (excludes halogenated alkanes) is 2. The summed E-state index contributed by atoms with van der Waals surface area (Å²) in [5.41, 5.74) is 0.783. The van der Waals surface area contributed by atoms with E-state index in [0.29, 0.717) is 12.2 Å². The molecule has 1 aliphatic rings. The van der Waals surface area contributed by atoms with Gasteiger partial charge >= 0.3 is 5.97 Å². The zero-order valence-corrected chi connectivity index (χ0v) is 11.6. The Labute approximate surface area is 118 Å². The second-order valence-electron chi connectivity index (χ2n) is 5.18. The van der Waals surface area contributed by atoms with Gasteiger partial charge in [0.2, 0.25) is 6.54 Å². The van der Waals surface area contributed by atoms with E-state index in [1.165, 1.54) is 0 Å². The molecule has 0 amide bonds. The lowest BCUT2D eigenvalue weighted by molar-refractivity contribution is -0.484. The third kappa shape index (κ3) is 3.15. The topological polar surface area (TPSA) is 69.4 Å². The van der Waals surface area contributed by atoms with Crippen molar-refractivity contribution in [2.45, 2.75) is 38.5 Å². The maximum Gasteiger partial charge on any atom is 0.315 e. The number of benzene rings is 1. The number of nitro groups is 1. The van der Waals surface area contributed by atoms with Crippen molar-refractivity contribution < 1.29 is 14.5 Å². The van der Waals surface area contributed by atoms with Gasteiger partial charge in [-0.1, -0.05) is 44.4 Å². The fourth-order valence-corrected chi connectivity index (χ4v) is 2.76. The summed E-state index contributed by atoms with van der Waals surface area (Å²) in [7, 11) is 0. The van der Waals surface area contributed by atoms with E-state index in [-0.39, 0.29) is 23.4 Å². The third-order valence-corrected chi connectivity index (χ3v) is 3.78. The minimum atomic E-state index is -0.401. The van der Waals surface area contributed by atoms with Crippen molar-refractivity contribution in [3.63, 3.8) is 0 Å². The number of ether oxygens (including phenoxy) is 1. The molecule has 0 fully saturated rings. The maximum atomic E-state index is 12.1. The number of nitrogens with zero attached hydrogens (tertiary/aromatic N) is 1. The van der Waals surface area contributed by atoms with Crippen LogP contribution in [0.2, 0.25) is 0 Å². The molecule has 0 bridgehead atoms. The number of carbonyl (C=O) groups is 1. The number of carbonyl (C=O) groups excluding carboxylic acids is 1. The Morgan fingerprint density at radius 2 is 2.00 bits per heavy atom. The number of esters is 1. The van der Waals surface area contributed by atoms with Crippen molar-refractivity contribution >= 4 is 5.97 Å². The molecule has 1 aromatic rings. The van der Waals surface area contributed by atoms with Crippen LogP contribution in [-0.2, 0) is 4.79 Å². The molecule has 2 rings (SSSR count). The van der Waals surface area contributed by atoms with Crippen molar-refractivity contribution in [2.24, 2.45) is 5.92 Å². The normalized spacial score (nSPS) is 21.1. The maximum absolute atomic E-state index is 12.1. The van der Waals surface area contributed by atoms with Crippen molar-refractivity contribution in [1.29, 1.82) is 0 Å². The Balaban J connectivity index is 2.25. The lowest BCUT2D eigenvalue weighted by Crippen LogP contribution is -2.35. The summed E-state index contributed by atoms with van der Waals surface area (Å²) >= 11 is 0. The minimum Gasteiger partial charge on any atom is -0.426 e. The fourth-order valence-electron chi connectivity index (χ4n) is 2.76. The van der Waals surface area contributed by atoms with Crippen LogP contribution in [0.1, 0.15) is 44.1 Å². The standard InChI is InChI=1S/C15H19NO4/c1-2-3-4-8-12-13(10-16(18)19)11-7-5-6-9-14(11)20-15(12)17/h5-7,9,12-13H,2-4,8,10H2,1H3/t12-,13-/m1/s1. The highest BCUT2D eigenvalue weighted by molar-refractivity contribution is 5.79. The summed E-state index contributed by atoms with van der Waals surface area (Å²) in [6.07, 6.45) is 3.63. The van der Waals surface area contributed by atoms with Crippen molar-refractivity contribution in [3.8, 4) is 5.75 Å². The highest BCUT2D eigenvalue weighted by Crippen LogP contribution is 2.39. The molecule has 5 heteroatoms. The Kier molecular flexibility index (Phi) is 4.71. The molecular weight excluding hydrogens is 258 g/mol. The summed E-state index contributed by atoms with van der Waals surface area (Å²) in [5, 5.41) is 10.9. The Hall–Kier alpha value is -1.91. The average Bonchev–Trinajstić information content (AvgIpc) is 2.41. The van der Waals surface area contributed by atoms with E-state index >= 15 is 0 Å². The van der Waals surface area contributed by atoms with Gasteiger partial charge in [-0.15, -0.1) is 0 Å². The van der Waals surface area contributed by atoms with Crippen LogP contribution in [0.15, 0.2) is 24.3 Å². The van der Waals surface area contributed by atoms with Gasteiger partial charge in [0.1, 0.15) is 5.75 Å². The number of fused-ring (bicyclic) bond motifs is 1. The molecule has 2 atom stereocenters. The highest BCUT2D eigenvalue weighted by Gasteiger charge is 2.39. The molecule has 20 heavy (non-hydrogen) atoms. The summed E-state index contributed by atoms with van der Waals surface area (Å²) in [6.45, 7) is 1.87. The van der Waals surface area contributed by atoms with E-state index in [1.54, 1.807) is 12.1 Å². The molecule has 0 saturated heterocycles. The van der Waals surface area contributed by atoms with Crippen LogP contribution >= 0.6 is 0 Å². The number of hydrogen-bond acceptors (Lipinski definition) is 4. The summed E-state index contributed by atoms with van der Waals surface area (Å²) in [6, 6.07) is 7.12. The molecule has 1 aromatic carbocycles. The number of para-hydroxylation sites is 1. The predicted molar refractivity (Wildman–Crippen MR) is 74.3 cm³/mol. The van der Waals surface area contributed by atoms with Gasteiger partial charge in [0, 0.05) is 10.5 Å². The van der Waals surface area contributed by atoms with E-state index in [1.807, 2.05) is 12.1 Å². The monoisotopic (exact) mass is 277 g/mol. The molecule has 5 nitrogen and oxygen atoms in total. The van der Waals surface area contributed by atoms with Gasteiger partial charge in [-0.2, -0.15) is 0 Å². The average molecular weight is 277 g/mol. The van der Waals surface area contributed by atoms with E-state index in [9.17, 15) is 14.9 Å². The second-order valence-corrected chi connectivity index (χ2v) is 5.18. The predicted octanol–water partition coefficient (Wildman–Crippen LogP) is 3.16. The minimum absolute atomic E-state index is 0.219. The molecule has 0 unspecified atom stereocenters. The number of rotatable bonds is 6. The van der Waals surface area contributed by atoms with Gasteiger partial charge in [-0.25, -0.2) is 0 Å². The molecule has 0 radical (unpaired) electrons. The molecule has 1 aliphatic heterocycles. The van der Waals surface area contributed by atoms with Crippen molar-refractivity contribution in [3.05, 3.63) is 39.9 Å². The highest BCUT2D eigenvalue weighted by atomic mass is 16.6. The van der Waals surface area contributed by atoms with Gasteiger partial charge in [0.15, 0.2) is 0 Å². The Bertz CT molecular complexity index is 500. The first-order valence-corrected chi connectivity index (χ1v) is 7.06. The van der Waals surface area contributed by atoms with E-state index < -0.39 is 5.92 Å². The Morgan fingerprint density at radius 3 is 2.70 bits per heavy atom. The number of hydrogen-bond donors (Lipinski definition) is 0. The summed E-state index contributed by atoms with van der Waals surface area (Å²) < 4.78 is 5.33. The first kappa shape index (κ1) is 14.5. The van der Waals surface area contributed by atoms with Crippen LogP contribution in [0.25, 0.3) is 0 Å². The zero-order chi connectivity index (χ0) is 14.5. The molecule has 0 saturated carbocycles. The quantitative estimate of drug-likeness (QED) is 0.263. The first-order chi connectivity index (χ1) is 9.63. The van der Waals surface area contributed by atoms with Gasteiger partial charge in [0.25, 0.3) is 0 Å². The lowest BCUT2D eigenvalue weighted by Gasteiger charge is -2.29. The van der Waals surface area contributed by atoms with Crippen LogP contribution in [0.5, 0.6) is 5.75 Å². The van der Waals surface area contributed by atoms with Gasteiger partial charge in [0.05, 0.1) is 11.8 Å². The molecule has 0 spiro atoms. The zero-order valence-electron chi connectivity index (χ0n) is 11.6. The summed E-state index contributed by atoms with van der Waals surface area (Å²) in [4.78, 5) is 22.7. The van der Waals surface area contributed by atoms with Crippen LogP contribution in [0.4, 0.5) is 0 Å². The molecule has 0 aliphatic carbocycles. The Morgan fingerprint density at radius 1 is 1.25 bits per heavy atom. The second kappa shape index (κ2) is 6.50. The molecular formula is C15H19NO4. The van der Waals surface area contributed by atoms with E-state index in [2.05, 4.69) is 6.92 Å². The molecule has 1 heterocycles. The first-order valence-electron chi connectivity index (χ1n) is 7.06. The third-order valence-electron chi connectivity index (χ3n) is 3.78. The molecule has 0 aromatic heterocycles. The fraction of sp³-hybridized carbons (Fsp3) is 0.533. The SMILES string of the molecule is CCCCC[C@H]1C(=O)Oc2ccccc2[C@H]1C[N+](=O)[O-]. The van der Waals surface area contributed by atoms with Crippen LogP contribution in [-0.4, -0.2) is 17.4 Å². The van der Waals surface area contributed by atoms with Gasteiger partial charge in [-0.3, -0.25) is 14.9 Å². The van der Waals surface area contributed by atoms with Crippen LogP contribution in [0, 0.1) is 16.0 Å². The van der Waals surface area contributed by atoms with Crippen molar-refractivity contribution in [2.75, 3.05) is 6.54 Å². The van der Waals surface area contributed by atoms with Gasteiger partial charge < -0.3 is 4.74 Å². The van der Waals surface area contributed by atoms with E-state index in [4.69, 9.17) is 4.74 Å². The molecule has 0 N–H and O–H groups in total. The molecule has 108 valence electrons. The summed E-state index contributed by atoms with van der Waals surface area (Å²) in [5.74, 6) is -0.635. The largest absolute Gasteiger partial charge is 0.426 e. The van der Waals surface area contributed by atoms with Crippen LogP contribution < -0.4 is 4.74 Å². The lowest BCUT2D eigenvalue weighted by atomic mass is 9.80. The van der Waals surface area contributed by atoms with Crippen LogP contribution in [0.3, 0.4) is 0 Å². The smallest absolute Gasteiger partial charge is 0.315 e.